The Hall–Kier alpha value is -2.91. The van der Waals surface area contributed by atoms with Gasteiger partial charge in [-0.05, 0) is 55.6 Å². The number of nitrogens with one attached hydrogen (secondary N) is 1. The molecular weight excluding hydrogens is 626 g/mol. The lowest BCUT2D eigenvalue weighted by Crippen LogP contribution is -2.58. The summed E-state index contributed by atoms with van der Waals surface area (Å²) in [6.45, 7) is 4.83. The van der Waals surface area contributed by atoms with Crippen molar-refractivity contribution < 1.29 is 27.4 Å². The van der Waals surface area contributed by atoms with Gasteiger partial charge in [0, 0.05) is 47.9 Å². The minimum atomic E-state index is -4.66. The third-order valence-electron chi connectivity index (χ3n) is 9.44. The van der Waals surface area contributed by atoms with E-state index in [4.69, 9.17) is 9.47 Å². The number of carbonyl (C=O) groups excluding carboxylic acids is 1. The molecule has 14 heteroatoms. The fourth-order valence-electron chi connectivity index (χ4n) is 6.69. The van der Waals surface area contributed by atoms with E-state index in [1.165, 1.54) is 11.8 Å². The number of benzene rings is 1. The van der Waals surface area contributed by atoms with Crippen molar-refractivity contribution in [3.05, 3.63) is 46.5 Å². The number of piperazine rings is 1. The molecule has 4 aliphatic heterocycles. The second-order valence-corrected chi connectivity index (χ2v) is 14.5. The van der Waals surface area contributed by atoms with Crippen LogP contribution in [0.5, 0.6) is 0 Å². The molecule has 1 N–H and O–H groups in total. The number of alkyl halides is 3. The quantitative estimate of drug-likeness (QED) is 0.379. The van der Waals surface area contributed by atoms with E-state index in [0.717, 1.165) is 67.0 Å². The Balaban J connectivity index is 1.11. The lowest BCUT2D eigenvalue weighted by atomic mass is 10.0. The molecule has 0 spiro atoms. The molecule has 45 heavy (non-hydrogen) atoms. The number of anilines is 3. The van der Waals surface area contributed by atoms with E-state index in [1.807, 2.05) is 6.07 Å². The number of hydrogen-bond acceptors (Lipinski definition) is 10. The van der Waals surface area contributed by atoms with Crippen LogP contribution in [0.3, 0.4) is 0 Å². The maximum atomic E-state index is 14.2. The van der Waals surface area contributed by atoms with Crippen molar-refractivity contribution >= 4 is 46.3 Å². The summed E-state index contributed by atoms with van der Waals surface area (Å²) < 4.78 is 53.9. The highest BCUT2D eigenvalue weighted by Crippen LogP contribution is 2.47. The summed E-state index contributed by atoms with van der Waals surface area (Å²) in [5, 5.41) is 3.25. The van der Waals surface area contributed by atoms with Crippen molar-refractivity contribution in [2.75, 3.05) is 69.1 Å². The number of carbonyl (C=O) groups is 1. The molecule has 5 aliphatic rings. The largest absolute Gasteiger partial charge is 0.420 e. The third-order valence-corrected chi connectivity index (χ3v) is 11.7. The van der Waals surface area contributed by atoms with Gasteiger partial charge in [0.05, 0.1) is 55.1 Å². The normalized spacial score (nSPS) is 24.3. The molecule has 2 atom stereocenters. The number of nitrogens with zero attached hydrogens (tertiary/aromatic N) is 5. The molecule has 1 saturated carbocycles. The van der Waals surface area contributed by atoms with Crippen LogP contribution in [-0.4, -0.2) is 103 Å². The highest BCUT2D eigenvalue weighted by molar-refractivity contribution is 7.99. The van der Waals surface area contributed by atoms with Gasteiger partial charge in [-0.2, -0.15) is 13.2 Å². The van der Waals surface area contributed by atoms with Gasteiger partial charge < -0.3 is 24.6 Å². The first-order valence-electron chi connectivity index (χ1n) is 15.3. The van der Waals surface area contributed by atoms with Crippen LogP contribution in [0.25, 0.3) is 10.6 Å². The van der Waals surface area contributed by atoms with Crippen LogP contribution in [0.4, 0.5) is 30.5 Å². The molecule has 6 heterocycles. The van der Waals surface area contributed by atoms with E-state index >= 15 is 0 Å². The Morgan fingerprint density at radius 2 is 1.80 bits per heavy atom. The first kappa shape index (κ1) is 29.5. The minimum Gasteiger partial charge on any atom is -0.378 e. The summed E-state index contributed by atoms with van der Waals surface area (Å²) in [6, 6.07) is 8.60. The number of hydrogen-bond donors (Lipinski definition) is 1. The number of thiophene rings is 1. The Bertz CT molecular complexity index is 1630. The lowest BCUT2D eigenvalue weighted by molar-refractivity contribution is -0.137. The van der Waals surface area contributed by atoms with Crippen molar-refractivity contribution in [2.24, 2.45) is 0 Å². The van der Waals surface area contributed by atoms with Gasteiger partial charge in [-0.15, -0.1) is 23.1 Å². The number of halogens is 3. The number of thioether (sulfide) groups is 1. The average molecular weight is 659 g/mol. The van der Waals surface area contributed by atoms with Crippen molar-refractivity contribution in [3.8, 4) is 10.6 Å². The summed E-state index contributed by atoms with van der Waals surface area (Å²) in [7, 11) is 2.15. The van der Waals surface area contributed by atoms with Gasteiger partial charge in [-0.3, -0.25) is 9.69 Å². The molecule has 1 aromatic carbocycles. The highest BCUT2D eigenvalue weighted by atomic mass is 32.2. The topological polar surface area (TPSA) is 83.1 Å². The van der Waals surface area contributed by atoms with E-state index in [2.05, 4.69) is 44.3 Å². The Morgan fingerprint density at radius 3 is 2.56 bits per heavy atom. The maximum Gasteiger partial charge on any atom is 0.420 e. The van der Waals surface area contributed by atoms with Crippen LogP contribution < -0.4 is 10.2 Å². The highest BCUT2D eigenvalue weighted by Gasteiger charge is 2.41. The Labute approximate surface area is 267 Å². The molecule has 238 valence electrons. The summed E-state index contributed by atoms with van der Waals surface area (Å²) in [5.74, 6) is 0.971. The molecule has 0 bridgehead atoms. The monoisotopic (exact) mass is 658 g/mol. The van der Waals surface area contributed by atoms with Crippen LogP contribution >= 0.6 is 23.1 Å². The van der Waals surface area contributed by atoms with Crippen LogP contribution in [0.15, 0.2) is 35.4 Å². The fraction of sp³-hybridized carbons (Fsp3) is 0.516. The molecule has 3 saturated heterocycles. The van der Waals surface area contributed by atoms with E-state index < -0.39 is 11.7 Å². The number of amides is 1. The predicted molar refractivity (Wildman–Crippen MR) is 167 cm³/mol. The number of likely N-dealkylation sites (N-methyl/N-ethyl adjacent to an activating group) is 1. The number of ether oxygens (including phenoxy) is 2. The van der Waals surface area contributed by atoms with E-state index in [1.54, 1.807) is 11.0 Å². The smallest absolute Gasteiger partial charge is 0.378 e. The first-order valence-corrected chi connectivity index (χ1v) is 17.1. The summed E-state index contributed by atoms with van der Waals surface area (Å²) >= 11 is 2.55. The van der Waals surface area contributed by atoms with Gasteiger partial charge in [0.1, 0.15) is 10.4 Å². The van der Waals surface area contributed by atoms with E-state index in [0.29, 0.717) is 58.7 Å². The Kier molecular flexibility index (Phi) is 7.47. The van der Waals surface area contributed by atoms with E-state index in [-0.39, 0.29) is 29.6 Å². The fourth-order valence-corrected chi connectivity index (χ4v) is 9.00. The van der Waals surface area contributed by atoms with Crippen molar-refractivity contribution in [2.45, 2.75) is 48.0 Å². The van der Waals surface area contributed by atoms with Crippen LogP contribution in [0, 0.1) is 0 Å². The van der Waals surface area contributed by atoms with Crippen molar-refractivity contribution in [3.63, 3.8) is 0 Å². The van der Waals surface area contributed by atoms with Crippen LogP contribution in [-0.2, 0) is 15.7 Å². The third kappa shape index (κ3) is 5.47. The van der Waals surface area contributed by atoms with Crippen molar-refractivity contribution in [1.29, 1.82) is 0 Å². The van der Waals surface area contributed by atoms with Crippen LogP contribution in [0.1, 0.15) is 39.6 Å². The SMILES string of the molecule is CN1CCN(c2ccc(Nc3ncc(C(F)(F)F)c(-c4cc5c(s4)C(=O)N(C4COC4)CCS5)n3)c(C3CC3)c2)C2COCC21. The van der Waals surface area contributed by atoms with Gasteiger partial charge in [-0.25, -0.2) is 9.97 Å². The Morgan fingerprint density at radius 1 is 1.00 bits per heavy atom. The van der Waals surface area contributed by atoms with Gasteiger partial charge in [0.2, 0.25) is 5.95 Å². The molecule has 2 aromatic heterocycles. The zero-order valence-electron chi connectivity index (χ0n) is 24.7. The first-order chi connectivity index (χ1) is 21.7. The average Bonchev–Trinajstić information content (AvgIpc) is 3.59. The zero-order valence-corrected chi connectivity index (χ0v) is 26.3. The molecule has 9 nitrogen and oxygen atoms in total. The number of fused-ring (bicyclic) bond motifs is 2. The zero-order chi connectivity index (χ0) is 30.9. The molecule has 1 aliphatic carbocycles. The summed E-state index contributed by atoms with van der Waals surface area (Å²) in [4.78, 5) is 30.0. The summed E-state index contributed by atoms with van der Waals surface area (Å²) in [5.41, 5.74) is 1.91. The maximum absolute atomic E-state index is 14.2. The molecule has 3 aromatic rings. The predicted octanol–water partition coefficient (Wildman–Crippen LogP) is 5.31. The molecular formula is C31H33F3N6O3S2. The molecule has 0 radical (unpaired) electrons. The molecule has 2 unspecified atom stereocenters. The standard InChI is InChI=1S/C31H33F3N6O3S2/c1-38-6-7-39(24-16-43-15-23(24)38)18-4-5-22(20(10-18)17-2-3-17)36-30-35-12-21(31(32,33)34)27(37-30)25-11-26-28(45-25)29(41)40(8-9-44-26)19-13-42-14-19/h4-5,10-12,17,19,23-24H,2-3,6-9,13-16H2,1H3,(H,35,36,37). The molecule has 8 rings (SSSR count). The van der Waals surface area contributed by atoms with Gasteiger partial charge in [0.15, 0.2) is 0 Å². The minimum absolute atomic E-state index is 0.00594. The number of rotatable bonds is 6. The number of aromatic nitrogens is 2. The van der Waals surface area contributed by atoms with Gasteiger partial charge in [-0.1, -0.05) is 0 Å². The van der Waals surface area contributed by atoms with Gasteiger partial charge >= 0.3 is 6.18 Å². The van der Waals surface area contributed by atoms with Crippen molar-refractivity contribution in [1.82, 2.24) is 19.8 Å². The lowest BCUT2D eigenvalue weighted by Gasteiger charge is -2.43. The van der Waals surface area contributed by atoms with Crippen LogP contribution in [0.2, 0.25) is 0 Å². The second-order valence-electron chi connectivity index (χ2n) is 12.3. The van der Waals surface area contributed by atoms with Gasteiger partial charge in [0.25, 0.3) is 5.91 Å². The molecule has 4 fully saturated rings. The molecule has 1 amide bonds. The van der Waals surface area contributed by atoms with E-state index in [9.17, 15) is 18.0 Å². The summed E-state index contributed by atoms with van der Waals surface area (Å²) in [6.07, 6.45) is -1.69. The second kappa shape index (κ2) is 11.4.